The number of amides is 2. The predicted molar refractivity (Wildman–Crippen MR) is 107 cm³/mol. The monoisotopic (exact) mass is 366 g/mol. The number of hydrogen-bond donors (Lipinski definition) is 0. The Bertz CT molecular complexity index is 819. The fourth-order valence-electron chi connectivity index (χ4n) is 3.46. The van der Waals surface area contributed by atoms with Gasteiger partial charge in [0.1, 0.15) is 12.4 Å². The summed E-state index contributed by atoms with van der Waals surface area (Å²) in [7, 11) is 0. The largest absolute Gasteiger partial charge is 0.491 e. The number of nitrogens with zero attached hydrogens (tertiary/aromatic N) is 2. The van der Waals surface area contributed by atoms with Crippen LogP contribution in [-0.4, -0.2) is 32.0 Å². The second-order valence-electron chi connectivity index (χ2n) is 7.18. The van der Waals surface area contributed by atoms with Crippen molar-refractivity contribution < 1.29 is 14.3 Å². The van der Waals surface area contributed by atoms with Crippen LogP contribution in [0.3, 0.4) is 0 Å². The summed E-state index contributed by atoms with van der Waals surface area (Å²) in [5, 5.41) is 0. The van der Waals surface area contributed by atoms with Gasteiger partial charge >= 0.3 is 0 Å². The van der Waals surface area contributed by atoms with Crippen molar-refractivity contribution in [2.24, 2.45) is 5.92 Å². The molecule has 0 bridgehead atoms. The molecule has 142 valence electrons. The summed E-state index contributed by atoms with van der Waals surface area (Å²) >= 11 is 0. The van der Waals surface area contributed by atoms with Crippen molar-refractivity contribution in [2.45, 2.75) is 26.7 Å². The molecule has 2 amide bonds. The van der Waals surface area contributed by atoms with Gasteiger partial charge < -0.3 is 14.5 Å². The van der Waals surface area contributed by atoms with E-state index in [0.29, 0.717) is 25.6 Å². The summed E-state index contributed by atoms with van der Waals surface area (Å²) in [5.74, 6) is 0.951. The van der Waals surface area contributed by atoms with Crippen molar-refractivity contribution in [1.82, 2.24) is 0 Å². The van der Waals surface area contributed by atoms with Crippen molar-refractivity contribution >= 4 is 23.7 Å². The maximum Gasteiger partial charge on any atom is 0.231 e. The van der Waals surface area contributed by atoms with Crippen molar-refractivity contribution in [3.8, 4) is 5.75 Å². The van der Waals surface area contributed by atoms with Crippen LogP contribution in [-0.2, 0) is 9.59 Å². The number of ether oxygens (including phenoxy) is 1. The average molecular weight is 366 g/mol. The molecule has 1 unspecified atom stereocenters. The van der Waals surface area contributed by atoms with E-state index in [2.05, 4.69) is 19.9 Å². The number of rotatable bonds is 6. The Hall–Kier alpha value is -2.82. The van der Waals surface area contributed by atoms with E-state index in [-0.39, 0.29) is 11.8 Å². The fraction of sp³-hybridized carbons (Fsp3) is 0.364. The lowest BCUT2D eigenvalue weighted by molar-refractivity contribution is -0.121. The van der Waals surface area contributed by atoms with Gasteiger partial charge in [-0.15, -0.1) is 0 Å². The summed E-state index contributed by atoms with van der Waals surface area (Å²) in [6.45, 7) is 7.31. The Labute approximate surface area is 160 Å². The molecule has 0 aromatic heterocycles. The number of benzene rings is 2. The maximum atomic E-state index is 12.9. The molecule has 1 heterocycles. The van der Waals surface area contributed by atoms with E-state index in [0.717, 1.165) is 29.1 Å². The topological polar surface area (TPSA) is 49.9 Å². The zero-order valence-electron chi connectivity index (χ0n) is 16.1. The first-order valence-electron chi connectivity index (χ1n) is 9.37. The third-order valence-corrected chi connectivity index (χ3v) is 4.88. The normalized spacial score (nSPS) is 16.9. The van der Waals surface area contributed by atoms with Crippen LogP contribution in [0.25, 0.3) is 0 Å². The quantitative estimate of drug-likeness (QED) is 0.730. The highest BCUT2D eigenvalue weighted by atomic mass is 16.5. The molecule has 0 radical (unpaired) electrons. The van der Waals surface area contributed by atoms with E-state index >= 15 is 0 Å². The lowest BCUT2D eigenvalue weighted by Gasteiger charge is -2.25. The Morgan fingerprint density at radius 3 is 2.48 bits per heavy atom. The Morgan fingerprint density at radius 2 is 1.78 bits per heavy atom. The Kier molecular flexibility index (Phi) is 5.79. The van der Waals surface area contributed by atoms with Gasteiger partial charge in [0.15, 0.2) is 0 Å². The van der Waals surface area contributed by atoms with E-state index in [4.69, 9.17) is 4.74 Å². The molecule has 2 aromatic carbocycles. The van der Waals surface area contributed by atoms with E-state index in [1.54, 1.807) is 9.80 Å². The standard InChI is InChI=1S/C22H26N2O3/c1-16(2)18-8-4-7-11-21(18)27-13-12-24-20-10-6-5-9-19(20)23(15-25)14-17(3)22(24)26/h4-11,15-17H,12-14H2,1-3H3. The van der Waals surface area contributed by atoms with Crippen LogP contribution >= 0.6 is 0 Å². The van der Waals surface area contributed by atoms with Crippen LogP contribution in [0, 0.1) is 5.92 Å². The van der Waals surface area contributed by atoms with Gasteiger partial charge in [0.05, 0.1) is 23.8 Å². The summed E-state index contributed by atoms with van der Waals surface area (Å²) < 4.78 is 6.02. The summed E-state index contributed by atoms with van der Waals surface area (Å²) in [6.07, 6.45) is 0.793. The fourth-order valence-corrected chi connectivity index (χ4v) is 3.46. The van der Waals surface area contributed by atoms with Crippen molar-refractivity contribution in [1.29, 1.82) is 0 Å². The van der Waals surface area contributed by atoms with Crippen LogP contribution in [0.1, 0.15) is 32.3 Å². The molecule has 3 rings (SSSR count). The summed E-state index contributed by atoms with van der Waals surface area (Å²) in [4.78, 5) is 27.8. The molecule has 5 nitrogen and oxygen atoms in total. The first kappa shape index (κ1) is 19.0. The van der Waals surface area contributed by atoms with Crippen LogP contribution in [0.2, 0.25) is 0 Å². The van der Waals surface area contributed by atoms with Crippen LogP contribution in [0.4, 0.5) is 11.4 Å². The van der Waals surface area contributed by atoms with Gasteiger partial charge in [0.2, 0.25) is 12.3 Å². The number of fused-ring (bicyclic) bond motifs is 1. The molecule has 1 atom stereocenters. The lowest BCUT2D eigenvalue weighted by atomic mass is 10.0. The van der Waals surface area contributed by atoms with Gasteiger partial charge in [-0.3, -0.25) is 9.59 Å². The van der Waals surface area contributed by atoms with Crippen LogP contribution < -0.4 is 14.5 Å². The van der Waals surface area contributed by atoms with E-state index in [1.807, 2.05) is 49.4 Å². The van der Waals surface area contributed by atoms with Gasteiger partial charge in [0.25, 0.3) is 0 Å². The van der Waals surface area contributed by atoms with Crippen LogP contribution in [0.5, 0.6) is 5.75 Å². The highest BCUT2D eigenvalue weighted by Gasteiger charge is 2.30. The first-order valence-corrected chi connectivity index (χ1v) is 9.37. The van der Waals surface area contributed by atoms with Crippen LogP contribution in [0.15, 0.2) is 48.5 Å². The van der Waals surface area contributed by atoms with Gasteiger partial charge in [0, 0.05) is 6.54 Å². The molecule has 0 spiro atoms. The van der Waals surface area contributed by atoms with Crippen molar-refractivity contribution in [3.05, 3.63) is 54.1 Å². The number of carbonyl (C=O) groups excluding carboxylic acids is 2. The van der Waals surface area contributed by atoms with Gasteiger partial charge in [-0.1, -0.05) is 51.1 Å². The highest BCUT2D eigenvalue weighted by Crippen LogP contribution is 2.33. The van der Waals surface area contributed by atoms with Crippen molar-refractivity contribution in [2.75, 3.05) is 29.5 Å². The first-order chi connectivity index (χ1) is 13.0. The molecular weight excluding hydrogens is 340 g/mol. The molecule has 0 saturated carbocycles. The van der Waals surface area contributed by atoms with Gasteiger partial charge in [-0.05, 0) is 29.7 Å². The maximum absolute atomic E-state index is 12.9. The lowest BCUT2D eigenvalue weighted by Crippen LogP contribution is -2.38. The molecule has 0 fully saturated rings. The number of hydrogen-bond acceptors (Lipinski definition) is 3. The third kappa shape index (κ3) is 3.97. The summed E-state index contributed by atoms with van der Waals surface area (Å²) in [5.41, 5.74) is 2.66. The second kappa shape index (κ2) is 8.25. The van der Waals surface area contributed by atoms with Gasteiger partial charge in [-0.2, -0.15) is 0 Å². The Balaban J connectivity index is 1.81. The predicted octanol–water partition coefficient (Wildman–Crippen LogP) is 3.83. The van der Waals surface area contributed by atoms with Gasteiger partial charge in [-0.25, -0.2) is 0 Å². The number of para-hydroxylation sites is 3. The number of carbonyl (C=O) groups is 2. The zero-order valence-corrected chi connectivity index (χ0v) is 16.1. The molecule has 5 heteroatoms. The smallest absolute Gasteiger partial charge is 0.231 e. The highest BCUT2D eigenvalue weighted by molar-refractivity contribution is 6.02. The molecule has 2 aromatic rings. The average Bonchev–Trinajstić information content (AvgIpc) is 2.78. The van der Waals surface area contributed by atoms with E-state index in [1.165, 1.54) is 0 Å². The van der Waals surface area contributed by atoms with Crippen molar-refractivity contribution in [3.63, 3.8) is 0 Å². The summed E-state index contributed by atoms with van der Waals surface area (Å²) in [6, 6.07) is 15.5. The molecular formula is C22H26N2O3. The second-order valence-corrected chi connectivity index (χ2v) is 7.18. The van der Waals surface area contributed by atoms with E-state index < -0.39 is 0 Å². The van der Waals surface area contributed by atoms with E-state index in [9.17, 15) is 9.59 Å². The molecule has 0 saturated heterocycles. The Morgan fingerprint density at radius 1 is 1.11 bits per heavy atom. The number of anilines is 2. The minimum Gasteiger partial charge on any atom is -0.491 e. The molecule has 27 heavy (non-hydrogen) atoms. The molecule has 0 aliphatic carbocycles. The third-order valence-electron chi connectivity index (χ3n) is 4.88. The zero-order chi connectivity index (χ0) is 19.4. The minimum absolute atomic E-state index is 0.00699. The SMILES string of the molecule is CC1CN(C=O)c2ccccc2N(CCOc2ccccc2C(C)C)C1=O. The molecule has 1 aliphatic heterocycles. The molecule has 0 N–H and O–H groups in total. The molecule has 1 aliphatic rings. The minimum atomic E-state index is -0.273.